The van der Waals surface area contributed by atoms with Gasteiger partial charge in [0, 0.05) is 6.04 Å². The predicted molar refractivity (Wildman–Crippen MR) is 81.1 cm³/mol. The molecule has 2 nitrogen and oxygen atoms in total. The topological polar surface area (TPSA) is 35.2 Å². The third kappa shape index (κ3) is 3.67. The molecule has 0 unspecified atom stereocenters. The average Bonchev–Trinajstić information content (AvgIpc) is 2.25. The van der Waals surface area contributed by atoms with Crippen molar-refractivity contribution in [3.63, 3.8) is 0 Å². The van der Waals surface area contributed by atoms with E-state index in [0.29, 0.717) is 0 Å². The van der Waals surface area contributed by atoms with Crippen LogP contribution in [0, 0.1) is 0 Å². The van der Waals surface area contributed by atoms with Crippen LogP contribution in [0.5, 0.6) is 0 Å². The molecule has 0 saturated carbocycles. The highest BCUT2D eigenvalue weighted by atomic mass is 28.4. The second-order valence-electron chi connectivity index (χ2n) is 6.57. The van der Waals surface area contributed by atoms with Crippen LogP contribution < -0.4 is 5.73 Å². The Morgan fingerprint density at radius 3 is 2.00 bits per heavy atom. The van der Waals surface area contributed by atoms with Gasteiger partial charge in [-0.05, 0) is 30.6 Å². The van der Waals surface area contributed by atoms with E-state index in [0.717, 1.165) is 0 Å². The molecular formula is C15H27NOSi. The molecule has 0 fully saturated rings. The second-order valence-corrected chi connectivity index (χ2v) is 11.3. The average molecular weight is 265 g/mol. The van der Waals surface area contributed by atoms with Crippen LogP contribution >= 0.6 is 0 Å². The van der Waals surface area contributed by atoms with E-state index >= 15 is 0 Å². The van der Waals surface area contributed by atoms with Crippen molar-refractivity contribution < 1.29 is 4.43 Å². The summed E-state index contributed by atoms with van der Waals surface area (Å²) in [4.78, 5) is 0. The first-order chi connectivity index (χ1) is 8.15. The Hall–Kier alpha value is -0.643. The molecule has 18 heavy (non-hydrogen) atoms. The van der Waals surface area contributed by atoms with Gasteiger partial charge in [0.2, 0.25) is 0 Å². The first-order valence-corrected chi connectivity index (χ1v) is 9.54. The van der Waals surface area contributed by atoms with Gasteiger partial charge in [-0.1, -0.05) is 51.1 Å². The highest BCUT2D eigenvalue weighted by Gasteiger charge is 2.40. The fourth-order valence-corrected chi connectivity index (χ4v) is 2.95. The van der Waals surface area contributed by atoms with E-state index in [9.17, 15) is 0 Å². The molecule has 0 aliphatic heterocycles. The van der Waals surface area contributed by atoms with Crippen LogP contribution in [0.25, 0.3) is 0 Å². The lowest BCUT2D eigenvalue weighted by molar-refractivity contribution is 0.160. The zero-order valence-corrected chi connectivity index (χ0v) is 13.5. The van der Waals surface area contributed by atoms with Crippen LogP contribution in [0.1, 0.15) is 39.4 Å². The van der Waals surface area contributed by atoms with Gasteiger partial charge in [0.25, 0.3) is 0 Å². The van der Waals surface area contributed by atoms with Crippen molar-refractivity contribution in [2.75, 3.05) is 0 Å². The largest absolute Gasteiger partial charge is 0.408 e. The molecule has 2 atom stereocenters. The first-order valence-electron chi connectivity index (χ1n) is 6.63. The summed E-state index contributed by atoms with van der Waals surface area (Å²) < 4.78 is 6.46. The Labute approximate surface area is 113 Å². The van der Waals surface area contributed by atoms with Crippen LogP contribution in [0.2, 0.25) is 18.1 Å². The van der Waals surface area contributed by atoms with Gasteiger partial charge in [0.15, 0.2) is 8.32 Å². The summed E-state index contributed by atoms with van der Waals surface area (Å²) in [6.07, 6.45) is -0.00732. The molecule has 0 saturated heterocycles. The van der Waals surface area contributed by atoms with Crippen molar-refractivity contribution in [3.8, 4) is 0 Å². The molecule has 0 bridgehead atoms. The number of nitrogens with two attached hydrogens (primary N) is 1. The van der Waals surface area contributed by atoms with Crippen LogP contribution in [-0.2, 0) is 4.43 Å². The van der Waals surface area contributed by atoms with Crippen molar-refractivity contribution in [2.24, 2.45) is 5.73 Å². The van der Waals surface area contributed by atoms with Crippen molar-refractivity contribution >= 4 is 8.32 Å². The van der Waals surface area contributed by atoms with Gasteiger partial charge in [-0.3, -0.25) is 0 Å². The van der Waals surface area contributed by atoms with E-state index in [-0.39, 0.29) is 17.2 Å². The van der Waals surface area contributed by atoms with Gasteiger partial charge >= 0.3 is 0 Å². The zero-order chi connectivity index (χ0) is 14.0. The molecule has 0 spiro atoms. The van der Waals surface area contributed by atoms with Gasteiger partial charge in [0.1, 0.15) is 0 Å². The van der Waals surface area contributed by atoms with Gasteiger partial charge in [-0.15, -0.1) is 0 Å². The first kappa shape index (κ1) is 15.4. The predicted octanol–water partition coefficient (Wildman–Crippen LogP) is 4.10. The Morgan fingerprint density at radius 2 is 1.61 bits per heavy atom. The smallest absolute Gasteiger partial charge is 0.192 e. The number of hydrogen-bond acceptors (Lipinski definition) is 2. The van der Waals surface area contributed by atoms with E-state index in [4.69, 9.17) is 10.2 Å². The molecule has 0 heterocycles. The SMILES string of the molecule is C[C@H](N)[C@@H](O[Si](C)(C)C(C)(C)C)c1ccccc1. The Morgan fingerprint density at radius 1 is 1.11 bits per heavy atom. The fourth-order valence-electron chi connectivity index (χ4n) is 1.62. The number of hydrogen-bond donors (Lipinski definition) is 1. The lowest BCUT2D eigenvalue weighted by Crippen LogP contribution is -2.44. The van der Waals surface area contributed by atoms with Crippen molar-refractivity contribution in [1.29, 1.82) is 0 Å². The summed E-state index contributed by atoms with van der Waals surface area (Å²) >= 11 is 0. The molecule has 1 aromatic rings. The normalized spacial score (nSPS) is 16.4. The summed E-state index contributed by atoms with van der Waals surface area (Å²) in [7, 11) is -1.79. The van der Waals surface area contributed by atoms with Crippen LogP contribution in [0.3, 0.4) is 0 Å². The molecule has 0 aliphatic rings. The van der Waals surface area contributed by atoms with E-state index in [1.54, 1.807) is 0 Å². The van der Waals surface area contributed by atoms with Crippen LogP contribution in [-0.4, -0.2) is 14.4 Å². The molecule has 0 aromatic heterocycles. The monoisotopic (exact) mass is 265 g/mol. The molecule has 102 valence electrons. The molecule has 0 radical (unpaired) electrons. The van der Waals surface area contributed by atoms with Crippen LogP contribution in [0.4, 0.5) is 0 Å². The zero-order valence-electron chi connectivity index (χ0n) is 12.5. The fraction of sp³-hybridized carbons (Fsp3) is 0.600. The molecular weight excluding hydrogens is 238 g/mol. The van der Waals surface area contributed by atoms with Crippen molar-refractivity contribution in [3.05, 3.63) is 35.9 Å². The maximum atomic E-state index is 6.46. The summed E-state index contributed by atoms with van der Waals surface area (Å²) in [5.74, 6) is 0. The van der Waals surface area contributed by atoms with E-state index in [2.05, 4.69) is 46.0 Å². The summed E-state index contributed by atoms with van der Waals surface area (Å²) in [6.45, 7) is 13.3. The third-order valence-corrected chi connectivity index (χ3v) is 8.29. The molecule has 0 aliphatic carbocycles. The molecule has 3 heteroatoms. The minimum atomic E-state index is -1.79. The van der Waals surface area contributed by atoms with E-state index < -0.39 is 8.32 Å². The standard InChI is InChI=1S/C15H27NOSi/c1-12(16)14(13-10-8-7-9-11-13)17-18(5,6)15(2,3)4/h7-12,14H,16H2,1-6H3/t12-,14+/m0/s1. The van der Waals surface area contributed by atoms with Gasteiger partial charge in [0.05, 0.1) is 6.10 Å². The van der Waals surface area contributed by atoms with Crippen LogP contribution in [0.15, 0.2) is 30.3 Å². The quantitative estimate of drug-likeness (QED) is 0.832. The maximum Gasteiger partial charge on any atom is 0.192 e. The molecule has 1 rings (SSSR count). The number of rotatable bonds is 4. The second kappa shape index (κ2) is 5.55. The molecule has 0 amide bonds. The summed E-state index contributed by atoms with van der Waals surface area (Å²) in [5.41, 5.74) is 7.29. The lowest BCUT2D eigenvalue weighted by atomic mass is 10.0. The van der Waals surface area contributed by atoms with Crippen molar-refractivity contribution in [1.82, 2.24) is 0 Å². The Bertz CT molecular complexity index is 368. The van der Waals surface area contributed by atoms with Gasteiger partial charge < -0.3 is 10.2 Å². The lowest BCUT2D eigenvalue weighted by Gasteiger charge is -2.40. The minimum Gasteiger partial charge on any atom is -0.408 e. The van der Waals surface area contributed by atoms with E-state index in [1.165, 1.54) is 5.56 Å². The summed E-state index contributed by atoms with van der Waals surface area (Å²) in [6, 6.07) is 10.3. The highest BCUT2D eigenvalue weighted by Crippen LogP contribution is 2.40. The third-order valence-electron chi connectivity index (χ3n) is 3.83. The van der Waals surface area contributed by atoms with E-state index in [1.807, 2.05) is 25.1 Å². The van der Waals surface area contributed by atoms with Gasteiger partial charge in [-0.25, -0.2) is 0 Å². The Balaban J connectivity index is 2.96. The Kier molecular flexibility index (Phi) is 4.76. The van der Waals surface area contributed by atoms with Crippen molar-refractivity contribution in [2.45, 2.75) is 58.0 Å². The maximum absolute atomic E-state index is 6.46. The minimum absolute atomic E-state index is 0.00141. The van der Waals surface area contributed by atoms with Gasteiger partial charge in [-0.2, -0.15) is 0 Å². The molecule has 2 N–H and O–H groups in total. The highest BCUT2D eigenvalue weighted by molar-refractivity contribution is 6.74. The number of benzene rings is 1. The molecule has 1 aromatic carbocycles. The summed E-state index contributed by atoms with van der Waals surface area (Å²) in [5, 5.41) is 0.203.